The van der Waals surface area contributed by atoms with Gasteiger partial charge in [0.25, 0.3) is 11.8 Å². The number of carbonyl (C=O) groups is 2. The lowest BCUT2D eigenvalue weighted by molar-refractivity contribution is -0.119. The van der Waals surface area contributed by atoms with Gasteiger partial charge in [-0.25, -0.2) is 4.90 Å². The molecule has 1 aromatic rings. The van der Waals surface area contributed by atoms with Crippen molar-refractivity contribution >= 4 is 17.5 Å². The normalized spacial score (nSPS) is 14.8. The third-order valence-electron chi connectivity index (χ3n) is 3.03. The smallest absolute Gasteiger partial charge is 0.258 e. The van der Waals surface area contributed by atoms with Crippen molar-refractivity contribution in [2.75, 3.05) is 4.90 Å². The maximum Gasteiger partial charge on any atom is 0.258 e. The first-order valence-electron chi connectivity index (χ1n) is 5.86. The molecule has 0 unspecified atom stereocenters. The predicted molar refractivity (Wildman–Crippen MR) is 66.8 cm³/mol. The highest BCUT2D eigenvalue weighted by Gasteiger charge is 2.27. The van der Waals surface area contributed by atoms with Gasteiger partial charge in [0, 0.05) is 12.2 Å². The Hall–Kier alpha value is -1.90. The van der Waals surface area contributed by atoms with Crippen molar-refractivity contribution in [1.82, 2.24) is 0 Å². The fourth-order valence-electron chi connectivity index (χ4n) is 2.21. The first-order chi connectivity index (χ1) is 8.19. The molecular weight excluding hydrogens is 214 g/mol. The van der Waals surface area contributed by atoms with Crippen LogP contribution in [0.25, 0.3) is 0 Å². The van der Waals surface area contributed by atoms with E-state index in [0.717, 1.165) is 24.1 Å². The second-order valence-electron chi connectivity index (χ2n) is 3.97. The van der Waals surface area contributed by atoms with E-state index in [0.29, 0.717) is 0 Å². The minimum Gasteiger partial charge on any atom is -0.269 e. The summed E-state index contributed by atoms with van der Waals surface area (Å²) in [7, 11) is 0. The average Bonchev–Trinajstić information content (AvgIpc) is 2.68. The molecule has 0 saturated carbocycles. The summed E-state index contributed by atoms with van der Waals surface area (Å²) in [6.07, 6.45) is 4.36. The van der Waals surface area contributed by atoms with Gasteiger partial charge in [0.15, 0.2) is 0 Å². The van der Waals surface area contributed by atoms with Gasteiger partial charge in [0.05, 0.1) is 5.69 Å². The minimum absolute atomic E-state index is 0.252. The molecule has 0 fully saturated rings. The van der Waals surface area contributed by atoms with Crippen LogP contribution in [0.1, 0.15) is 25.0 Å². The molecular formula is C14H15NO2. The number of benzene rings is 1. The number of carbonyl (C=O) groups excluding carboxylic acids is 2. The Bertz CT molecular complexity index is 485. The van der Waals surface area contributed by atoms with Gasteiger partial charge in [-0.2, -0.15) is 0 Å². The summed E-state index contributed by atoms with van der Waals surface area (Å²) in [5, 5.41) is 0. The first kappa shape index (κ1) is 11.6. The Kier molecular flexibility index (Phi) is 3.09. The van der Waals surface area contributed by atoms with E-state index in [-0.39, 0.29) is 11.8 Å². The average molecular weight is 229 g/mol. The van der Waals surface area contributed by atoms with Gasteiger partial charge in [-0.3, -0.25) is 9.59 Å². The lowest BCUT2D eigenvalue weighted by Gasteiger charge is -2.19. The number of hydrogen-bond donors (Lipinski definition) is 0. The van der Waals surface area contributed by atoms with Crippen LogP contribution in [0.3, 0.4) is 0 Å². The fraction of sp³-hybridized carbons (Fsp3) is 0.286. The van der Waals surface area contributed by atoms with Crippen molar-refractivity contribution < 1.29 is 9.59 Å². The third-order valence-corrected chi connectivity index (χ3v) is 3.03. The van der Waals surface area contributed by atoms with Gasteiger partial charge in [-0.1, -0.05) is 26.0 Å². The van der Waals surface area contributed by atoms with Crippen LogP contribution >= 0.6 is 0 Å². The summed E-state index contributed by atoms with van der Waals surface area (Å²) in [4.78, 5) is 24.6. The van der Waals surface area contributed by atoms with Gasteiger partial charge in [-0.05, 0) is 30.0 Å². The summed E-state index contributed by atoms with van der Waals surface area (Å²) in [5.41, 5.74) is 3.00. The quantitative estimate of drug-likeness (QED) is 0.745. The van der Waals surface area contributed by atoms with Crippen LogP contribution in [0.4, 0.5) is 5.69 Å². The zero-order valence-corrected chi connectivity index (χ0v) is 10.1. The van der Waals surface area contributed by atoms with Crippen LogP contribution in [-0.2, 0) is 22.4 Å². The number of rotatable bonds is 3. The highest BCUT2D eigenvalue weighted by atomic mass is 16.2. The predicted octanol–water partition coefficient (Wildman–Crippen LogP) is 2.24. The molecule has 3 heteroatoms. The fourth-order valence-corrected chi connectivity index (χ4v) is 2.21. The zero-order valence-electron chi connectivity index (χ0n) is 10.1. The van der Waals surface area contributed by atoms with Gasteiger partial charge < -0.3 is 0 Å². The van der Waals surface area contributed by atoms with E-state index in [1.54, 1.807) is 0 Å². The monoisotopic (exact) mass is 229 g/mol. The number of nitrogens with zero attached hydrogens (tertiary/aromatic N) is 1. The van der Waals surface area contributed by atoms with E-state index in [9.17, 15) is 9.59 Å². The molecule has 0 radical (unpaired) electrons. The molecule has 2 amide bonds. The third kappa shape index (κ3) is 1.88. The Morgan fingerprint density at radius 3 is 2.18 bits per heavy atom. The van der Waals surface area contributed by atoms with Crippen molar-refractivity contribution in [2.45, 2.75) is 26.7 Å². The molecule has 0 saturated heterocycles. The molecule has 88 valence electrons. The summed E-state index contributed by atoms with van der Waals surface area (Å²) in [6.45, 7) is 4.11. The van der Waals surface area contributed by atoms with Crippen molar-refractivity contribution in [3.8, 4) is 0 Å². The second kappa shape index (κ2) is 4.53. The van der Waals surface area contributed by atoms with E-state index in [1.807, 2.05) is 25.1 Å². The van der Waals surface area contributed by atoms with Gasteiger partial charge in [0.1, 0.15) is 0 Å². The molecule has 17 heavy (non-hydrogen) atoms. The minimum atomic E-state index is -0.252. The number of imide groups is 1. The second-order valence-corrected chi connectivity index (χ2v) is 3.97. The Balaban J connectivity index is 2.52. The number of hydrogen-bond acceptors (Lipinski definition) is 2. The Morgan fingerprint density at radius 1 is 1.00 bits per heavy atom. The number of amides is 2. The molecule has 2 rings (SSSR count). The van der Waals surface area contributed by atoms with Crippen molar-refractivity contribution in [3.05, 3.63) is 41.5 Å². The molecule has 0 bridgehead atoms. The molecule has 1 aliphatic heterocycles. The van der Waals surface area contributed by atoms with E-state index in [4.69, 9.17) is 0 Å². The molecule has 0 aromatic heterocycles. The van der Waals surface area contributed by atoms with Crippen molar-refractivity contribution in [1.29, 1.82) is 0 Å². The number of aryl methyl sites for hydroxylation is 1. The van der Waals surface area contributed by atoms with Gasteiger partial charge in [0.2, 0.25) is 0 Å². The van der Waals surface area contributed by atoms with Crippen LogP contribution < -0.4 is 4.90 Å². The molecule has 0 N–H and O–H groups in total. The molecule has 1 aliphatic rings. The molecule has 0 spiro atoms. The standard InChI is InChI=1S/C14H15NO2/c1-3-10-6-5-7-12(11(10)4-2)15-13(16)8-9-14(15)17/h5-9H,3-4H2,1-2H3. The van der Waals surface area contributed by atoms with E-state index >= 15 is 0 Å². The molecule has 0 atom stereocenters. The van der Waals surface area contributed by atoms with Crippen LogP contribution in [0, 0.1) is 0 Å². The SMILES string of the molecule is CCc1cccc(N2C(=O)C=CC2=O)c1CC. The van der Waals surface area contributed by atoms with E-state index < -0.39 is 0 Å². The summed E-state index contributed by atoms with van der Waals surface area (Å²) < 4.78 is 0. The van der Waals surface area contributed by atoms with Crippen LogP contribution in [-0.4, -0.2) is 11.8 Å². The maximum absolute atomic E-state index is 11.7. The van der Waals surface area contributed by atoms with Crippen LogP contribution in [0.2, 0.25) is 0 Å². The highest BCUT2D eigenvalue weighted by molar-refractivity contribution is 6.28. The first-order valence-corrected chi connectivity index (χ1v) is 5.86. The Labute approximate surface area is 101 Å². The zero-order chi connectivity index (χ0) is 12.4. The molecule has 3 nitrogen and oxygen atoms in total. The summed E-state index contributed by atoms with van der Waals surface area (Å²) in [6, 6.07) is 5.77. The highest BCUT2D eigenvalue weighted by Crippen LogP contribution is 2.27. The summed E-state index contributed by atoms with van der Waals surface area (Å²) >= 11 is 0. The van der Waals surface area contributed by atoms with Gasteiger partial charge in [-0.15, -0.1) is 0 Å². The van der Waals surface area contributed by atoms with Crippen LogP contribution in [0.15, 0.2) is 30.4 Å². The molecule has 1 heterocycles. The van der Waals surface area contributed by atoms with Crippen molar-refractivity contribution in [2.24, 2.45) is 0 Å². The maximum atomic E-state index is 11.7. The lowest BCUT2D eigenvalue weighted by Crippen LogP contribution is -2.30. The molecule has 0 aliphatic carbocycles. The number of anilines is 1. The molecule has 1 aromatic carbocycles. The topological polar surface area (TPSA) is 37.4 Å². The largest absolute Gasteiger partial charge is 0.269 e. The summed E-state index contributed by atoms with van der Waals surface area (Å²) in [5.74, 6) is -0.504. The lowest BCUT2D eigenvalue weighted by atomic mass is 10.0. The van der Waals surface area contributed by atoms with Gasteiger partial charge >= 0.3 is 0 Å². The van der Waals surface area contributed by atoms with Crippen molar-refractivity contribution in [3.63, 3.8) is 0 Å². The van der Waals surface area contributed by atoms with E-state index in [1.165, 1.54) is 22.6 Å². The Morgan fingerprint density at radius 2 is 1.65 bits per heavy atom. The van der Waals surface area contributed by atoms with E-state index in [2.05, 4.69) is 6.92 Å². The van der Waals surface area contributed by atoms with Crippen LogP contribution in [0.5, 0.6) is 0 Å².